The van der Waals surface area contributed by atoms with E-state index in [0.717, 1.165) is 25.9 Å². The van der Waals surface area contributed by atoms with Crippen LogP contribution in [0.25, 0.3) is 0 Å². The molecular weight excluding hydrogens is 186 g/mol. The summed E-state index contributed by atoms with van der Waals surface area (Å²) >= 11 is 0. The summed E-state index contributed by atoms with van der Waals surface area (Å²) in [6, 6.07) is 0.509. The Hall–Kier alpha value is -1.27. The summed E-state index contributed by atoms with van der Waals surface area (Å²) in [6.07, 6.45) is 11.0. The predicted molar refractivity (Wildman–Crippen MR) is 62.3 cm³/mol. The van der Waals surface area contributed by atoms with E-state index in [2.05, 4.69) is 36.4 Å². The van der Waals surface area contributed by atoms with Gasteiger partial charge in [-0.15, -0.1) is 12.3 Å². The summed E-state index contributed by atoms with van der Waals surface area (Å²) in [7, 11) is 0. The summed E-state index contributed by atoms with van der Waals surface area (Å²) in [6.45, 7) is 6.06. The zero-order valence-corrected chi connectivity index (χ0v) is 9.53. The van der Waals surface area contributed by atoms with Crippen LogP contribution in [0.4, 0.5) is 0 Å². The number of aromatic nitrogens is 2. The van der Waals surface area contributed by atoms with Crippen LogP contribution in [-0.2, 0) is 13.1 Å². The highest BCUT2D eigenvalue weighted by molar-refractivity contribution is 5.03. The van der Waals surface area contributed by atoms with Crippen LogP contribution >= 0.6 is 0 Å². The van der Waals surface area contributed by atoms with Gasteiger partial charge in [0.25, 0.3) is 0 Å². The normalized spacial score (nSPS) is 10.5. The van der Waals surface area contributed by atoms with Gasteiger partial charge >= 0.3 is 0 Å². The molecule has 15 heavy (non-hydrogen) atoms. The van der Waals surface area contributed by atoms with E-state index in [-0.39, 0.29) is 0 Å². The Balaban J connectivity index is 2.32. The molecule has 3 nitrogen and oxygen atoms in total. The molecule has 1 aromatic heterocycles. The third-order valence-electron chi connectivity index (χ3n) is 2.11. The van der Waals surface area contributed by atoms with Gasteiger partial charge < -0.3 is 5.32 Å². The average molecular weight is 205 g/mol. The number of aryl methyl sites for hydroxylation is 1. The van der Waals surface area contributed by atoms with Crippen molar-refractivity contribution in [3.63, 3.8) is 0 Å². The molecular formula is C12H19N3. The quantitative estimate of drug-likeness (QED) is 0.567. The van der Waals surface area contributed by atoms with Gasteiger partial charge in [0.1, 0.15) is 0 Å². The van der Waals surface area contributed by atoms with Gasteiger partial charge in [-0.2, -0.15) is 5.10 Å². The molecule has 1 aromatic rings. The van der Waals surface area contributed by atoms with E-state index in [9.17, 15) is 0 Å². The molecule has 0 aliphatic rings. The zero-order chi connectivity index (χ0) is 11.1. The van der Waals surface area contributed by atoms with Crippen molar-refractivity contribution in [2.75, 3.05) is 0 Å². The highest BCUT2D eigenvalue weighted by atomic mass is 15.3. The highest BCUT2D eigenvalue weighted by Crippen LogP contribution is 2.00. The maximum Gasteiger partial charge on any atom is 0.0534 e. The first-order valence-electron chi connectivity index (χ1n) is 5.40. The molecule has 82 valence electrons. The summed E-state index contributed by atoms with van der Waals surface area (Å²) in [4.78, 5) is 0. The van der Waals surface area contributed by atoms with E-state index in [0.29, 0.717) is 6.04 Å². The number of hydrogen-bond donors (Lipinski definition) is 1. The van der Waals surface area contributed by atoms with Crippen LogP contribution in [0.15, 0.2) is 12.4 Å². The Morgan fingerprint density at radius 3 is 3.07 bits per heavy atom. The second kappa shape index (κ2) is 6.26. The van der Waals surface area contributed by atoms with Crippen molar-refractivity contribution in [1.82, 2.24) is 15.1 Å². The Labute approximate surface area is 91.9 Å². The fraction of sp³-hybridized carbons (Fsp3) is 0.583. The van der Waals surface area contributed by atoms with E-state index in [1.165, 1.54) is 5.56 Å². The molecule has 3 heteroatoms. The van der Waals surface area contributed by atoms with Gasteiger partial charge in [0.2, 0.25) is 0 Å². The van der Waals surface area contributed by atoms with Crippen LogP contribution in [-0.4, -0.2) is 15.8 Å². The molecule has 0 aliphatic heterocycles. The third kappa shape index (κ3) is 4.66. The first-order chi connectivity index (χ1) is 7.22. The zero-order valence-electron chi connectivity index (χ0n) is 9.53. The first kappa shape index (κ1) is 11.8. The van der Waals surface area contributed by atoms with Crippen LogP contribution in [0.2, 0.25) is 0 Å². The smallest absolute Gasteiger partial charge is 0.0534 e. The minimum absolute atomic E-state index is 0.509. The van der Waals surface area contributed by atoms with Gasteiger partial charge in [-0.25, -0.2) is 0 Å². The van der Waals surface area contributed by atoms with Crippen molar-refractivity contribution in [1.29, 1.82) is 0 Å². The van der Waals surface area contributed by atoms with Crippen LogP contribution in [0.5, 0.6) is 0 Å². The molecule has 1 rings (SSSR count). The lowest BCUT2D eigenvalue weighted by molar-refractivity contribution is 0.578. The van der Waals surface area contributed by atoms with Gasteiger partial charge in [0, 0.05) is 37.3 Å². The number of nitrogens with zero attached hydrogens (tertiary/aromatic N) is 2. The second-order valence-corrected chi connectivity index (χ2v) is 3.95. The molecule has 1 N–H and O–H groups in total. The summed E-state index contributed by atoms with van der Waals surface area (Å²) in [5.74, 6) is 2.63. The van der Waals surface area contributed by atoms with Gasteiger partial charge in [0.15, 0.2) is 0 Å². The Morgan fingerprint density at radius 1 is 1.60 bits per heavy atom. The molecule has 0 radical (unpaired) electrons. The van der Waals surface area contributed by atoms with Crippen LogP contribution in [0.3, 0.4) is 0 Å². The fourth-order valence-electron chi connectivity index (χ4n) is 1.29. The van der Waals surface area contributed by atoms with Crippen molar-refractivity contribution in [2.24, 2.45) is 0 Å². The van der Waals surface area contributed by atoms with E-state index in [1.807, 2.05) is 10.9 Å². The lowest BCUT2D eigenvalue weighted by Crippen LogP contribution is -2.21. The first-order valence-corrected chi connectivity index (χ1v) is 5.40. The Kier molecular flexibility index (Phi) is 4.92. The van der Waals surface area contributed by atoms with Crippen molar-refractivity contribution >= 4 is 0 Å². The van der Waals surface area contributed by atoms with Crippen molar-refractivity contribution in [3.05, 3.63) is 18.0 Å². The van der Waals surface area contributed by atoms with E-state index in [1.54, 1.807) is 0 Å². The van der Waals surface area contributed by atoms with Gasteiger partial charge in [-0.1, -0.05) is 13.8 Å². The molecule has 0 spiro atoms. The SMILES string of the molecule is C#CCCCn1cc(CNC(C)C)cn1. The minimum atomic E-state index is 0.509. The van der Waals surface area contributed by atoms with E-state index >= 15 is 0 Å². The molecule has 0 bridgehead atoms. The summed E-state index contributed by atoms with van der Waals surface area (Å²) in [5.41, 5.74) is 1.23. The number of hydrogen-bond acceptors (Lipinski definition) is 2. The number of rotatable bonds is 6. The summed E-state index contributed by atoms with van der Waals surface area (Å²) in [5, 5.41) is 7.63. The molecule has 0 saturated heterocycles. The molecule has 0 aliphatic carbocycles. The number of terminal acetylenes is 1. The third-order valence-corrected chi connectivity index (χ3v) is 2.11. The van der Waals surface area contributed by atoms with Crippen molar-refractivity contribution in [3.8, 4) is 12.3 Å². The molecule has 0 atom stereocenters. The topological polar surface area (TPSA) is 29.9 Å². The molecule has 0 fully saturated rings. The summed E-state index contributed by atoms with van der Waals surface area (Å²) < 4.78 is 1.95. The Bertz CT molecular complexity index is 320. The number of unbranched alkanes of at least 4 members (excludes halogenated alkanes) is 1. The molecule has 0 saturated carbocycles. The van der Waals surface area contributed by atoms with Crippen LogP contribution in [0.1, 0.15) is 32.3 Å². The highest BCUT2D eigenvalue weighted by Gasteiger charge is 1.99. The van der Waals surface area contributed by atoms with Gasteiger partial charge in [-0.3, -0.25) is 4.68 Å². The largest absolute Gasteiger partial charge is 0.310 e. The molecule has 1 heterocycles. The van der Waals surface area contributed by atoms with Gasteiger partial charge in [0.05, 0.1) is 6.20 Å². The minimum Gasteiger partial charge on any atom is -0.310 e. The van der Waals surface area contributed by atoms with Crippen LogP contribution < -0.4 is 5.32 Å². The average Bonchev–Trinajstić information content (AvgIpc) is 2.63. The monoisotopic (exact) mass is 205 g/mol. The number of nitrogens with one attached hydrogen (secondary N) is 1. The molecule has 0 unspecified atom stereocenters. The lowest BCUT2D eigenvalue weighted by Gasteiger charge is -2.05. The van der Waals surface area contributed by atoms with Crippen molar-refractivity contribution in [2.45, 2.75) is 45.8 Å². The molecule has 0 amide bonds. The van der Waals surface area contributed by atoms with Crippen LogP contribution in [0, 0.1) is 12.3 Å². The second-order valence-electron chi connectivity index (χ2n) is 3.95. The van der Waals surface area contributed by atoms with E-state index in [4.69, 9.17) is 6.42 Å². The van der Waals surface area contributed by atoms with Gasteiger partial charge in [-0.05, 0) is 6.42 Å². The van der Waals surface area contributed by atoms with Crippen molar-refractivity contribution < 1.29 is 0 Å². The Morgan fingerprint density at radius 2 is 2.40 bits per heavy atom. The maximum absolute atomic E-state index is 5.19. The molecule has 0 aromatic carbocycles. The maximum atomic E-state index is 5.19. The fourth-order valence-corrected chi connectivity index (χ4v) is 1.29. The standard InChI is InChI=1S/C12H19N3/c1-4-5-6-7-15-10-12(9-14-15)8-13-11(2)3/h1,9-11,13H,5-8H2,2-3H3. The predicted octanol–water partition coefficient (Wildman–Crippen LogP) is 1.79. The van der Waals surface area contributed by atoms with E-state index < -0.39 is 0 Å². The lowest BCUT2D eigenvalue weighted by atomic mass is 10.3.